The van der Waals surface area contributed by atoms with Crippen molar-refractivity contribution >= 4 is 0 Å². The van der Waals surface area contributed by atoms with Crippen LogP contribution in [0.15, 0.2) is 12.7 Å². The van der Waals surface area contributed by atoms with Crippen LogP contribution in [0.4, 0.5) is 0 Å². The second-order valence-corrected chi connectivity index (χ2v) is 5.64. The molecule has 0 spiro atoms. The molecule has 6 fully saturated rings. The third-order valence-corrected chi connectivity index (χ3v) is 6.29. The zero-order valence-corrected chi connectivity index (χ0v) is 7.04. The van der Waals surface area contributed by atoms with Gasteiger partial charge in [0.05, 0.1) is 5.54 Å². The highest BCUT2D eigenvalue weighted by Gasteiger charge is 3.05. The topological polar surface area (TPSA) is 30.7 Å². The second kappa shape index (κ2) is 1.04. The molecule has 0 atom stereocenters. The molecule has 0 aromatic carbocycles. The molecular weight excluding hydrogens is 162 g/mol. The molecule has 1 aromatic heterocycles. The van der Waals surface area contributed by atoms with Crippen molar-refractivity contribution in [1.29, 1.82) is 0 Å². The van der Waals surface area contributed by atoms with Gasteiger partial charge in [-0.2, -0.15) is 0 Å². The van der Waals surface area contributed by atoms with Crippen molar-refractivity contribution in [3.05, 3.63) is 12.7 Å². The number of rotatable bonds is 1. The van der Waals surface area contributed by atoms with Crippen LogP contribution < -0.4 is 0 Å². The number of aromatic nitrogens is 3. The van der Waals surface area contributed by atoms with E-state index in [1.165, 1.54) is 5.92 Å². The molecule has 3 nitrogen and oxygen atoms in total. The quantitative estimate of drug-likeness (QED) is 0.610. The molecule has 0 unspecified atom stereocenters. The lowest BCUT2D eigenvalue weighted by Gasteiger charge is -3.07. The summed E-state index contributed by atoms with van der Waals surface area (Å²) >= 11 is 0. The summed E-state index contributed by atoms with van der Waals surface area (Å²) < 4.78 is 2.34. The van der Waals surface area contributed by atoms with Crippen LogP contribution in [0.3, 0.4) is 0 Å². The number of nitrogens with zero attached hydrogens (tertiary/aromatic N) is 3. The van der Waals surface area contributed by atoms with Crippen LogP contribution in [0, 0.1) is 41.4 Å². The predicted molar refractivity (Wildman–Crippen MR) is 42.4 cm³/mol. The fourth-order valence-electron chi connectivity index (χ4n) is 6.29. The van der Waals surface area contributed by atoms with Crippen molar-refractivity contribution in [3.63, 3.8) is 0 Å². The minimum Gasteiger partial charge on any atom is -0.313 e. The Morgan fingerprint density at radius 2 is 1.38 bits per heavy atom. The number of hydrogen-bond acceptors (Lipinski definition) is 2. The molecule has 6 aliphatic carbocycles. The van der Waals surface area contributed by atoms with Gasteiger partial charge < -0.3 is 4.57 Å². The third-order valence-electron chi connectivity index (χ3n) is 6.29. The van der Waals surface area contributed by atoms with Crippen molar-refractivity contribution in [1.82, 2.24) is 14.8 Å². The van der Waals surface area contributed by atoms with E-state index < -0.39 is 0 Å². The van der Waals surface area contributed by atoms with E-state index in [0.29, 0.717) is 5.54 Å². The zero-order valence-electron chi connectivity index (χ0n) is 7.04. The highest BCUT2D eigenvalue weighted by molar-refractivity contribution is 5.52. The lowest BCUT2D eigenvalue weighted by atomic mass is 8.98. The minimum atomic E-state index is 0.582. The molecule has 0 N–H and O–H groups in total. The van der Waals surface area contributed by atoms with Gasteiger partial charge in [-0.25, -0.2) is 0 Å². The Hall–Kier alpha value is -0.860. The third kappa shape index (κ3) is 0.213. The molecule has 6 saturated carbocycles. The van der Waals surface area contributed by atoms with Crippen LogP contribution >= 0.6 is 0 Å². The lowest BCUT2D eigenvalue weighted by Crippen LogP contribution is -3.08. The Bertz CT molecular complexity index is 398. The molecule has 64 valence electrons. The molecule has 7 rings (SSSR count). The molecule has 1 aromatic rings. The Morgan fingerprint density at radius 1 is 0.846 bits per heavy atom. The van der Waals surface area contributed by atoms with E-state index in [1.54, 1.807) is 0 Å². The van der Waals surface area contributed by atoms with Gasteiger partial charge in [0, 0.05) is 0 Å². The van der Waals surface area contributed by atoms with E-state index in [0.717, 1.165) is 35.5 Å². The number of hydrogen-bond donors (Lipinski definition) is 0. The first kappa shape index (κ1) is 5.13. The fourth-order valence-corrected chi connectivity index (χ4v) is 6.29. The summed E-state index contributed by atoms with van der Waals surface area (Å²) in [6.07, 6.45) is 3.89. The van der Waals surface area contributed by atoms with Crippen molar-refractivity contribution < 1.29 is 0 Å². The van der Waals surface area contributed by atoms with E-state index >= 15 is 0 Å². The zero-order chi connectivity index (χ0) is 7.95. The van der Waals surface area contributed by atoms with Gasteiger partial charge >= 0.3 is 0 Å². The summed E-state index contributed by atoms with van der Waals surface area (Å²) in [5.41, 5.74) is 0.582. The van der Waals surface area contributed by atoms with Gasteiger partial charge in [-0.15, -0.1) is 10.2 Å². The maximum atomic E-state index is 3.95. The summed E-state index contributed by atoms with van der Waals surface area (Å²) in [4.78, 5) is 0. The standard InChI is InChI=1S/C10H9N3/c1-11-12-2-13(1)10-7-4-3-5(7)9(10)6(3)8(4)10/h1-9H. The molecule has 0 amide bonds. The summed E-state index contributed by atoms with van der Waals surface area (Å²) in [6.45, 7) is 0. The highest BCUT2D eigenvalue weighted by atomic mass is 15.3. The maximum absolute atomic E-state index is 3.95. The van der Waals surface area contributed by atoms with Crippen molar-refractivity contribution in [2.75, 3.05) is 0 Å². The van der Waals surface area contributed by atoms with Gasteiger partial charge in [0.2, 0.25) is 0 Å². The van der Waals surface area contributed by atoms with Gasteiger partial charge in [0.15, 0.2) is 0 Å². The normalized spacial score (nSPS) is 76.8. The van der Waals surface area contributed by atoms with E-state index in [2.05, 4.69) is 14.8 Å². The van der Waals surface area contributed by atoms with E-state index in [-0.39, 0.29) is 0 Å². The molecule has 0 aliphatic heterocycles. The van der Waals surface area contributed by atoms with Crippen LogP contribution in [0.5, 0.6) is 0 Å². The van der Waals surface area contributed by atoms with Gasteiger partial charge in [-0.1, -0.05) is 0 Å². The average molecular weight is 171 g/mol. The molecular formula is C10H9N3. The Kier molecular flexibility index (Phi) is 0.411. The largest absolute Gasteiger partial charge is 0.313 e. The summed E-state index contributed by atoms with van der Waals surface area (Å²) in [5.74, 6) is 7.86. The first-order chi connectivity index (χ1) is 6.47. The van der Waals surface area contributed by atoms with Gasteiger partial charge in [-0.3, -0.25) is 0 Å². The molecule has 6 aliphatic rings. The lowest BCUT2D eigenvalue weighted by molar-refractivity contribution is -0.601. The molecule has 3 heteroatoms. The smallest absolute Gasteiger partial charge is 0.119 e. The average Bonchev–Trinajstić information content (AvgIpc) is 2.71. The van der Waals surface area contributed by atoms with Crippen LogP contribution in [0.25, 0.3) is 0 Å². The fraction of sp³-hybridized carbons (Fsp3) is 0.800. The first-order valence-corrected chi connectivity index (χ1v) is 5.32. The van der Waals surface area contributed by atoms with Crippen LogP contribution in [-0.4, -0.2) is 14.8 Å². The molecule has 0 radical (unpaired) electrons. The molecule has 0 saturated heterocycles. The summed E-state index contributed by atoms with van der Waals surface area (Å²) in [5, 5.41) is 7.91. The van der Waals surface area contributed by atoms with Crippen LogP contribution in [0.1, 0.15) is 0 Å². The first-order valence-electron chi connectivity index (χ1n) is 5.32. The summed E-state index contributed by atoms with van der Waals surface area (Å²) in [6, 6.07) is 0. The van der Waals surface area contributed by atoms with Crippen molar-refractivity contribution in [3.8, 4) is 0 Å². The predicted octanol–water partition coefficient (Wildman–Crippen LogP) is 0.355. The second-order valence-electron chi connectivity index (χ2n) is 5.64. The minimum absolute atomic E-state index is 0.582. The van der Waals surface area contributed by atoms with Gasteiger partial charge in [0.1, 0.15) is 12.7 Å². The molecule has 13 heavy (non-hydrogen) atoms. The molecule has 0 bridgehead atoms. The Morgan fingerprint density at radius 3 is 1.92 bits per heavy atom. The van der Waals surface area contributed by atoms with Crippen LogP contribution in [-0.2, 0) is 5.54 Å². The monoisotopic (exact) mass is 171 g/mol. The van der Waals surface area contributed by atoms with E-state index in [4.69, 9.17) is 0 Å². The summed E-state index contributed by atoms with van der Waals surface area (Å²) in [7, 11) is 0. The van der Waals surface area contributed by atoms with Crippen LogP contribution in [0.2, 0.25) is 0 Å². The van der Waals surface area contributed by atoms with Gasteiger partial charge in [0.25, 0.3) is 0 Å². The Balaban J connectivity index is 1.65. The SMILES string of the molecule is c1nncn1C12C3C4C5C3C1C5C42. The van der Waals surface area contributed by atoms with E-state index in [9.17, 15) is 0 Å². The highest BCUT2D eigenvalue weighted by Crippen LogP contribution is 3.04. The van der Waals surface area contributed by atoms with Crippen molar-refractivity contribution in [2.45, 2.75) is 5.54 Å². The molecule has 1 heterocycles. The van der Waals surface area contributed by atoms with Gasteiger partial charge in [-0.05, 0) is 41.4 Å². The maximum Gasteiger partial charge on any atom is 0.119 e. The Labute approximate surface area is 75.1 Å². The van der Waals surface area contributed by atoms with Crippen molar-refractivity contribution in [2.24, 2.45) is 41.4 Å². The van der Waals surface area contributed by atoms with E-state index in [1.807, 2.05) is 12.7 Å².